The molecule has 0 radical (unpaired) electrons. The minimum Gasteiger partial charge on any atom is -0.415 e. The first-order valence-corrected chi connectivity index (χ1v) is 7.20. The Morgan fingerprint density at radius 2 is 2.21 bits per heavy atom. The number of ether oxygens (including phenoxy) is 1. The van der Waals surface area contributed by atoms with Gasteiger partial charge in [-0.3, -0.25) is 0 Å². The SMILES string of the molecule is NCc1nnc(SCC2OCCc3ccccc32)o1. The third-order valence-electron chi connectivity index (χ3n) is 3.07. The molecule has 1 aliphatic rings. The van der Waals surface area contributed by atoms with Crippen molar-refractivity contribution in [3.8, 4) is 0 Å². The zero-order valence-electron chi connectivity index (χ0n) is 10.4. The van der Waals surface area contributed by atoms with E-state index in [2.05, 4.69) is 28.4 Å². The third-order valence-corrected chi connectivity index (χ3v) is 3.95. The molecule has 0 saturated carbocycles. The van der Waals surface area contributed by atoms with Crippen molar-refractivity contribution in [2.45, 2.75) is 24.3 Å². The lowest BCUT2D eigenvalue weighted by Gasteiger charge is -2.25. The molecular weight excluding hydrogens is 262 g/mol. The molecule has 2 aromatic rings. The molecule has 19 heavy (non-hydrogen) atoms. The zero-order valence-corrected chi connectivity index (χ0v) is 11.2. The largest absolute Gasteiger partial charge is 0.415 e. The molecule has 0 bridgehead atoms. The number of hydrogen-bond donors (Lipinski definition) is 1. The topological polar surface area (TPSA) is 74.2 Å². The molecule has 1 atom stereocenters. The Kier molecular flexibility index (Phi) is 3.82. The number of nitrogens with zero attached hydrogens (tertiary/aromatic N) is 2. The molecule has 1 aliphatic heterocycles. The fraction of sp³-hybridized carbons (Fsp3) is 0.385. The van der Waals surface area contributed by atoms with E-state index < -0.39 is 0 Å². The van der Waals surface area contributed by atoms with Crippen molar-refractivity contribution in [3.63, 3.8) is 0 Å². The summed E-state index contributed by atoms with van der Waals surface area (Å²) in [5, 5.41) is 8.33. The second-order valence-corrected chi connectivity index (χ2v) is 5.26. The first kappa shape index (κ1) is 12.7. The van der Waals surface area contributed by atoms with Gasteiger partial charge in [-0.2, -0.15) is 0 Å². The second kappa shape index (κ2) is 5.73. The van der Waals surface area contributed by atoms with Crippen LogP contribution >= 0.6 is 11.8 Å². The molecule has 0 spiro atoms. The van der Waals surface area contributed by atoms with Crippen LogP contribution in [0.4, 0.5) is 0 Å². The van der Waals surface area contributed by atoms with E-state index in [4.69, 9.17) is 14.9 Å². The summed E-state index contributed by atoms with van der Waals surface area (Å²) in [4.78, 5) is 0. The van der Waals surface area contributed by atoms with E-state index in [1.165, 1.54) is 22.9 Å². The standard InChI is InChI=1S/C13H15N3O2S/c14-7-12-15-16-13(18-12)19-8-11-10-4-2-1-3-9(10)5-6-17-11/h1-4,11H,5-8,14H2. The second-order valence-electron chi connectivity index (χ2n) is 4.29. The summed E-state index contributed by atoms with van der Waals surface area (Å²) in [6, 6.07) is 8.40. The van der Waals surface area contributed by atoms with Crippen molar-refractivity contribution in [3.05, 3.63) is 41.3 Å². The molecule has 0 aliphatic carbocycles. The Hall–Kier alpha value is -1.37. The summed E-state index contributed by atoms with van der Waals surface area (Å²) in [7, 11) is 0. The normalized spacial score (nSPS) is 18.3. The minimum absolute atomic E-state index is 0.0863. The van der Waals surface area contributed by atoms with Gasteiger partial charge in [0.2, 0.25) is 5.89 Å². The van der Waals surface area contributed by atoms with E-state index in [1.807, 2.05) is 6.07 Å². The van der Waals surface area contributed by atoms with Gasteiger partial charge in [0.15, 0.2) is 0 Å². The maximum Gasteiger partial charge on any atom is 0.276 e. The molecule has 2 N–H and O–H groups in total. The van der Waals surface area contributed by atoms with Crippen LogP contribution in [0.3, 0.4) is 0 Å². The first-order chi connectivity index (χ1) is 9.36. The summed E-state index contributed by atoms with van der Waals surface area (Å²) in [6.07, 6.45) is 1.07. The zero-order chi connectivity index (χ0) is 13.1. The molecule has 1 aromatic carbocycles. The Bertz CT molecular complexity index is 558. The molecular formula is C13H15N3O2S. The van der Waals surface area contributed by atoms with Crippen molar-refractivity contribution >= 4 is 11.8 Å². The number of nitrogens with two attached hydrogens (primary N) is 1. The Labute approximate surface area is 115 Å². The number of thioether (sulfide) groups is 1. The molecule has 6 heteroatoms. The monoisotopic (exact) mass is 277 g/mol. The van der Waals surface area contributed by atoms with E-state index >= 15 is 0 Å². The van der Waals surface area contributed by atoms with Crippen molar-refractivity contribution in [2.24, 2.45) is 5.73 Å². The van der Waals surface area contributed by atoms with E-state index in [1.54, 1.807) is 0 Å². The molecule has 0 amide bonds. The lowest BCUT2D eigenvalue weighted by atomic mass is 9.99. The molecule has 0 saturated heterocycles. The Morgan fingerprint density at radius 1 is 1.32 bits per heavy atom. The van der Waals surface area contributed by atoms with Crippen LogP contribution in [0.5, 0.6) is 0 Å². The Morgan fingerprint density at radius 3 is 3.05 bits per heavy atom. The fourth-order valence-electron chi connectivity index (χ4n) is 2.14. The molecule has 3 rings (SSSR count). The van der Waals surface area contributed by atoms with Crippen molar-refractivity contribution < 1.29 is 9.15 Å². The molecule has 5 nitrogen and oxygen atoms in total. The van der Waals surface area contributed by atoms with Gasteiger partial charge in [-0.15, -0.1) is 10.2 Å². The van der Waals surface area contributed by atoms with Crippen LogP contribution in [0.1, 0.15) is 23.1 Å². The highest BCUT2D eigenvalue weighted by molar-refractivity contribution is 7.99. The summed E-state index contributed by atoms with van der Waals surface area (Å²) >= 11 is 1.51. The van der Waals surface area contributed by atoms with Crippen LogP contribution in [0.15, 0.2) is 33.9 Å². The van der Waals surface area contributed by atoms with Crippen molar-refractivity contribution in [2.75, 3.05) is 12.4 Å². The fourth-order valence-corrected chi connectivity index (χ4v) is 2.96. The highest BCUT2D eigenvalue weighted by atomic mass is 32.2. The maximum atomic E-state index is 5.82. The minimum atomic E-state index is 0.0863. The van der Waals surface area contributed by atoms with Crippen LogP contribution in [0.2, 0.25) is 0 Å². The van der Waals surface area contributed by atoms with Gasteiger partial charge in [0, 0.05) is 5.75 Å². The summed E-state index contributed by atoms with van der Waals surface area (Å²) < 4.78 is 11.2. The number of benzene rings is 1. The average molecular weight is 277 g/mol. The summed E-state index contributed by atoms with van der Waals surface area (Å²) in [5.74, 6) is 1.23. The Balaban J connectivity index is 1.68. The van der Waals surface area contributed by atoms with Crippen LogP contribution in [-0.4, -0.2) is 22.6 Å². The van der Waals surface area contributed by atoms with Crippen LogP contribution in [0, 0.1) is 0 Å². The molecule has 1 unspecified atom stereocenters. The van der Waals surface area contributed by atoms with Gasteiger partial charge < -0.3 is 14.9 Å². The van der Waals surface area contributed by atoms with Gasteiger partial charge in [-0.05, 0) is 17.5 Å². The predicted molar refractivity (Wildman–Crippen MR) is 71.8 cm³/mol. The summed E-state index contributed by atoms with van der Waals surface area (Å²) in [6.45, 7) is 1.04. The van der Waals surface area contributed by atoms with Gasteiger partial charge in [-0.1, -0.05) is 36.0 Å². The van der Waals surface area contributed by atoms with Gasteiger partial charge in [0.25, 0.3) is 5.22 Å². The molecule has 0 fully saturated rings. The van der Waals surface area contributed by atoms with Gasteiger partial charge in [0.1, 0.15) is 0 Å². The number of hydrogen-bond acceptors (Lipinski definition) is 6. The van der Waals surface area contributed by atoms with Crippen LogP contribution in [0.25, 0.3) is 0 Å². The quantitative estimate of drug-likeness (QED) is 0.861. The molecule has 100 valence electrons. The number of fused-ring (bicyclic) bond motifs is 1. The van der Waals surface area contributed by atoms with E-state index in [0.717, 1.165) is 18.8 Å². The van der Waals surface area contributed by atoms with E-state index in [0.29, 0.717) is 11.1 Å². The number of aromatic nitrogens is 2. The third kappa shape index (κ3) is 2.80. The van der Waals surface area contributed by atoms with E-state index in [9.17, 15) is 0 Å². The van der Waals surface area contributed by atoms with Crippen molar-refractivity contribution in [1.29, 1.82) is 0 Å². The lowest BCUT2D eigenvalue weighted by molar-refractivity contribution is 0.0586. The van der Waals surface area contributed by atoms with Gasteiger partial charge in [-0.25, -0.2) is 0 Å². The first-order valence-electron chi connectivity index (χ1n) is 6.21. The predicted octanol–water partition coefficient (Wildman–Crippen LogP) is 1.93. The van der Waals surface area contributed by atoms with Gasteiger partial charge in [0.05, 0.1) is 19.3 Å². The lowest BCUT2D eigenvalue weighted by Crippen LogP contribution is -2.17. The summed E-state index contributed by atoms with van der Waals surface area (Å²) in [5.41, 5.74) is 8.07. The highest BCUT2D eigenvalue weighted by Gasteiger charge is 2.21. The highest BCUT2D eigenvalue weighted by Crippen LogP contribution is 2.31. The maximum absolute atomic E-state index is 5.82. The average Bonchev–Trinajstić information content (AvgIpc) is 2.93. The molecule has 1 aromatic heterocycles. The van der Waals surface area contributed by atoms with Gasteiger partial charge >= 0.3 is 0 Å². The van der Waals surface area contributed by atoms with Crippen molar-refractivity contribution in [1.82, 2.24) is 10.2 Å². The molecule has 2 heterocycles. The van der Waals surface area contributed by atoms with E-state index in [-0.39, 0.29) is 12.6 Å². The van der Waals surface area contributed by atoms with Crippen LogP contribution in [-0.2, 0) is 17.7 Å². The van der Waals surface area contributed by atoms with Crippen LogP contribution < -0.4 is 5.73 Å². The smallest absolute Gasteiger partial charge is 0.276 e. The number of rotatable bonds is 4.